The van der Waals surface area contributed by atoms with Gasteiger partial charge in [0.15, 0.2) is 0 Å². The van der Waals surface area contributed by atoms with Crippen LogP contribution < -0.4 is 5.32 Å². The number of carbonyl (C=O) groups excluding carboxylic acids is 2. The summed E-state index contributed by atoms with van der Waals surface area (Å²) in [6.07, 6.45) is 5.84. The summed E-state index contributed by atoms with van der Waals surface area (Å²) < 4.78 is 18.3. The first-order chi connectivity index (χ1) is 12.1. The van der Waals surface area contributed by atoms with E-state index in [9.17, 15) is 14.0 Å². The van der Waals surface area contributed by atoms with E-state index in [0.717, 1.165) is 37.9 Å². The zero-order valence-corrected chi connectivity index (χ0v) is 14.6. The van der Waals surface area contributed by atoms with Crippen LogP contribution in [0.4, 0.5) is 4.39 Å². The fourth-order valence-electron chi connectivity index (χ4n) is 2.91. The van der Waals surface area contributed by atoms with Gasteiger partial charge in [-0.15, -0.1) is 0 Å². The van der Waals surface area contributed by atoms with Crippen molar-refractivity contribution in [2.24, 2.45) is 0 Å². The molecule has 0 spiro atoms. The highest BCUT2D eigenvalue weighted by Crippen LogP contribution is 2.09. The summed E-state index contributed by atoms with van der Waals surface area (Å²) in [7, 11) is 0. The molecule has 1 aliphatic rings. The number of aryl methyl sites for hydroxylation is 1. The quantitative estimate of drug-likeness (QED) is 0.732. The molecule has 1 heterocycles. The van der Waals surface area contributed by atoms with Crippen LogP contribution in [0.15, 0.2) is 24.3 Å². The lowest BCUT2D eigenvalue weighted by Gasteiger charge is -2.20. The fraction of sp³-hybridized carbons (Fsp3) is 0.579. The van der Waals surface area contributed by atoms with Crippen LogP contribution in [0.3, 0.4) is 0 Å². The van der Waals surface area contributed by atoms with Crippen molar-refractivity contribution in [1.82, 2.24) is 10.2 Å². The molecular formula is C19H27FN2O3. The second-order valence-corrected chi connectivity index (χ2v) is 6.37. The number of hydrogen-bond donors (Lipinski definition) is 1. The Bertz CT molecular complexity index is 557. The Hall–Kier alpha value is -1.95. The number of benzene rings is 1. The van der Waals surface area contributed by atoms with Gasteiger partial charge in [-0.2, -0.15) is 0 Å². The predicted molar refractivity (Wildman–Crippen MR) is 93.6 cm³/mol. The molecule has 25 heavy (non-hydrogen) atoms. The maximum atomic E-state index is 13.0. The van der Waals surface area contributed by atoms with Gasteiger partial charge in [0.05, 0.1) is 0 Å². The number of nitrogens with one attached hydrogen (secondary N) is 1. The van der Waals surface area contributed by atoms with Crippen molar-refractivity contribution in [3.8, 4) is 0 Å². The van der Waals surface area contributed by atoms with Crippen LogP contribution in [0.25, 0.3) is 0 Å². The molecule has 0 aromatic heterocycles. The Labute approximate surface area is 148 Å². The van der Waals surface area contributed by atoms with Crippen LogP contribution in [0.1, 0.15) is 37.7 Å². The maximum absolute atomic E-state index is 13.0. The summed E-state index contributed by atoms with van der Waals surface area (Å²) >= 11 is 0. The van der Waals surface area contributed by atoms with Gasteiger partial charge in [0.2, 0.25) is 11.8 Å². The molecule has 1 saturated heterocycles. The molecule has 0 radical (unpaired) electrons. The van der Waals surface area contributed by atoms with E-state index in [1.807, 2.05) is 11.0 Å². The van der Waals surface area contributed by atoms with E-state index in [1.54, 1.807) is 6.07 Å². The number of carbonyl (C=O) groups is 2. The number of amides is 2. The topological polar surface area (TPSA) is 58.6 Å². The van der Waals surface area contributed by atoms with Crippen LogP contribution in [-0.2, 0) is 20.7 Å². The third-order valence-corrected chi connectivity index (χ3v) is 4.27. The van der Waals surface area contributed by atoms with E-state index in [0.29, 0.717) is 13.0 Å². The SMILES string of the molecule is O=C(COCC(=O)N1CCCCCC1)NCCCc1cccc(F)c1. The van der Waals surface area contributed by atoms with Gasteiger partial charge >= 0.3 is 0 Å². The third-order valence-electron chi connectivity index (χ3n) is 4.27. The highest BCUT2D eigenvalue weighted by Gasteiger charge is 2.15. The van der Waals surface area contributed by atoms with Crippen LogP contribution in [-0.4, -0.2) is 49.6 Å². The van der Waals surface area contributed by atoms with Gasteiger partial charge in [0.25, 0.3) is 0 Å². The number of ether oxygens (including phenoxy) is 1. The first kappa shape index (κ1) is 19.4. The van der Waals surface area contributed by atoms with E-state index in [-0.39, 0.29) is 30.8 Å². The average Bonchev–Trinajstić information content (AvgIpc) is 2.88. The van der Waals surface area contributed by atoms with Crippen LogP contribution in [0.5, 0.6) is 0 Å². The molecule has 138 valence electrons. The van der Waals surface area contributed by atoms with Crippen molar-refractivity contribution in [3.63, 3.8) is 0 Å². The molecule has 2 amide bonds. The Morgan fingerprint density at radius 3 is 2.60 bits per heavy atom. The summed E-state index contributed by atoms with van der Waals surface area (Å²) in [5.74, 6) is -0.521. The number of hydrogen-bond acceptors (Lipinski definition) is 3. The molecule has 0 saturated carbocycles. The van der Waals surface area contributed by atoms with Crippen molar-refractivity contribution in [2.75, 3.05) is 32.8 Å². The predicted octanol–water partition coefficient (Wildman–Crippen LogP) is 2.29. The molecule has 0 atom stereocenters. The lowest BCUT2D eigenvalue weighted by Crippen LogP contribution is -2.36. The number of rotatable bonds is 8. The summed E-state index contributed by atoms with van der Waals surface area (Å²) in [6.45, 7) is 1.91. The second-order valence-electron chi connectivity index (χ2n) is 6.37. The summed E-state index contributed by atoms with van der Waals surface area (Å²) in [4.78, 5) is 25.5. The molecule has 2 rings (SSSR count). The van der Waals surface area contributed by atoms with Crippen molar-refractivity contribution >= 4 is 11.8 Å². The van der Waals surface area contributed by atoms with Crippen molar-refractivity contribution in [2.45, 2.75) is 38.5 Å². The smallest absolute Gasteiger partial charge is 0.248 e. The zero-order valence-electron chi connectivity index (χ0n) is 14.6. The highest BCUT2D eigenvalue weighted by molar-refractivity contribution is 5.79. The normalized spacial score (nSPS) is 14.8. The molecular weight excluding hydrogens is 323 g/mol. The molecule has 1 aromatic carbocycles. The Kier molecular flexibility index (Phi) is 8.39. The average molecular weight is 350 g/mol. The van der Waals surface area contributed by atoms with E-state index >= 15 is 0 Å². The van der Waals surface area contributed by atoms with E-state index < -0.39 is 0 Å². The second kappa shape index (κ2) is 10.8. The first-order valence-electron chi connectivity index (χ1n) is 9.02. The molecule has 6 heteroatoms. The minimum atomic E-state index is -0.246. The van der Waals surface area contributed by atoms with Gasteiger partial charge in [-0.05, 0) is 43.4 Å². The summed E-state index contributed by atoms with van der Waals surface area (Å²) in [6, 6.07) is 6.45. The lowest BCUT2D eigenvalue weighted by atomic mass is 10.1. The van der Waals surface area contributed by atoms with Gasteiger partial charge < -0.3 is 15.0 Å². The number of likely N-dealkylation sites (tertiary alicyclic amines) is 1. The van der Waals surface area contributed by atoms with Crippen LogP contribution in [0.2, 0.25) is 0 Å². The Morgan fingerprint density at radius 1 is 1.12 bits per heavy atom. The molecule has 1 fully saturated rings. The third kappa shape index (κ3) is 7.65. The molecule has 1 aromatic rings. The van der Waals surface area contributed by atoms with Gasteiger partial charge in [-0.1, -0.05) is 25.0 Å². The lowest BCUT2D eigenvalue weighted by molar-refractivity contribution is -0.138. The van der Waals surface area contributed by atoms with E-state index in [2.05, 4.69) is 5.32 Å². The van der Waals surface area contributed by atoms with Crippen molar-refractivity contribution in [1.29, 1.82) is 0 Å². The monoisotopic (exact) mass is 350 g/mol. The maximum Gasteiger partial charge on any atom is 0.248 e. The minimum Gasteiger partial charge on any atom is -0.362 e. The van der Waals surface area contributed by atoms with E-state index in [4.69, 9.17) is 4.74 Å². The Morgan fingerprint density at radius 2 is 1.88 bits per heavy atom. The molecule has 0 unspecified atom stereocenters. The minimum absolute atomic E-state index is 0.0409. The number of halogens is 1. The standard InChI is InChI=1S/C19H27FN2O3/c20-17-9-5-7-16(13-17)8-6-10-21-18(23)14-25-15-19(24)22-11-3-1-2-4-12-22/h5,7,9,13H,1-4,6,8,10-12,14-15H2,(H,21,23). The van der Waals surface area contributed by atoms with Crippen molar-refractivity contribution in [3.05, 3.63) is 35.6 Å². The molecule has 0 bridgehead atoms. The first-order valence-corrected chi connectivity index (χ1v) is 9.02. The van der Waals surface area contributed by atoms with Crippen LogP contribution >= 0.6 is 0 Å². The summed E-state index contributed by atoms with van der Waals surface area (Å²) in [5, 5.41) is 2.75. The van der Waals surface area contributed by atoms with Gasteiger partial charge in [0.1, 0.15) is 19.0 Å². The fourth-order valence-corrected chi connectivity index (χ4v) is 2.91. The van der Waals surface area contributed by atoms with E-state index in [1.165, 1.54) is 25.0 Å². The summed E-state index contributed by atoms with van der Waals surface area (Å²) in [5.41, 5.74) is 0.911. The molecule has 5 nitrogen and oxygen atoms in total. The molecule has 1 N–H and O–H groups in total. The number of nitrogens with zero attached hydrogens (tertiary/aromatic N) is 1. The van der Waals surface area contributed by atoms with Gasteiger partial charge in [0, 0.05) is 19.6 Å². The van der Waals surface area contributed by atoms with Crippen LogP contribution in [0, 0.1) is 5.82 Å². The highest BCUT2D eigenvalue weighted by atomic mass is 19.1. The van der Waals surface area contributed by atoms with Gasteiger partial charge in [-0.3, -0.25) is 9.59 Å². The molecule has 1 aliphatic heterocycles. The van der Waals surface area contributed by atoms with Gasteiger partial charge in [-0.25, -0.2) is 4.39 Å². The van der Waals surface area contributed by atoms with Crippen molar-refractivity contribution < 1.29 is 18.7 Å². The Balaban J connectivity index is 1.54. The molecule has 0 aliphatic carbocycles. The largest absolute Gasteiger partial charge is 0.362 e. The zero-order chi connectivity index (χ0) is 17.9.